The number of amides is 1. The largest absolute Gasteiger partial charge is 0.480 e. The number of carboxylic acids is 1. The van der Waals surface area contributed by atoms with Crippen LogP contribution in [0.3, 0.4) is 0 Å². The molecule has 0 bridgehead atoms. The van der Waals surface area contributed by atoms with Crippen molar-refractivity contribution < 1.29 is 19.8 Å². The quantitative estimate of drug-likeness (QED) is 0.167. The number of carbonyl (C=O) groups excluding carboxylic acids is 1. The number of hydrogen-bond donors (Lipinski definition) is 4. The van der Waals surface area contributed by atoms with Crippen LogP contribution in [-0.2, 0) is 9.59 Å². The lowest BCUT2D eigenvalue weighted by Crippen LogP contribution is -2.46. The number of carboxylic acid groups (broad SMARTS) is 1. The van der Waals surface area contributed by atoms with Crippen LogP contribution in [0.5, 0.6) is 0 Å². The number of hydrogen-bond acceptors (Lipinski definition) is 4. The highest BCUT2D eigenvalue weighted by atomic mass is 16.4. The molecule has 6 heteroatoms. The van der Waals surface area contributed by atoms with Gasteiger partial charge in [-0.3, -0.25) is 4.79 Å². The summed E-state index contributed by atoms with van der Waals surface area (Å²) in [6.45, 7) is 2.47. The Bertz CT molecular complexity index is 427. The molecule has 0 aromatic carbocycles. The van der Waals surface area contributed by atoms with Crippen LogP contribution in [0.1, 0.15) is 96.8 Å². The number of carbonyl (C=O) groups is 2. The highest BCUT2D eigenvalue weighted by Gasteiger charge is 2.17. The van der Waals surface area contributed by atoms with Gasteiger partial charge in [-0.1, -0.05) is 76.9 Å². The van der Waals surface area contributed by atoms with Gasteiger partial charge in [0.05, 0.1) is 13.2 Å². The average molecular weight is 413 g/mol. The van der Waals surface area contributed by atoms with Crippen LogP contribution in [0.25, 0.3) is 0 Å². The Balaban J connectivity index is 3.30. The van der Waals surface area contributed by atoms with E-state index in [2.05, 4.69) is 29.7 Å². The van der Waals surface area contributed by atoms with Gasteiger partial charge in [0.25, 0.3) is 0 Å². The molecule has 0 aromatic rings. The molecular weight excluding hydrogens is 368 g/mol. The van der Waals surface area contributed by atoms with Crippen LogP contribution in [0.4, 0.5) is 0 Å². The maximum absolute atomic E-state index is 11.5. The molecule has 29 heavy (non-hydrogen) atoms. The van der Waals surface area contributed by atoms with Crippen molar-refractivity contribution in [1.82, 2.24) is 10.6 Å². The second-order valence-electron chi connectivity index (χ2n) is 7.76. The summed E-state index contributed by atoms with van der Waals surface area (Å²) in [5, 5.41) is 22.9. The fraction of sp³-hybridized carbons (Fsp3) is 0.826. The molecule has 170 valence electrons. The molecule has 0 radical (unpaired) electrons. The summed E-state index contributed by atoms with van der Waals surface area (Å²) in [6.07, 6.45) is 22.4. The number of aliphatic hydroxyl groups is 1. The molecule has 0 aliphatic carbocycles. The Morgan fingerprint density at radius 3 is 1.86 bits per heavy atom. The maximum Gasteiger partial charge on any atom is 0.328 e. The highest BCUT2D eigenvalue weighted by molar-refractivity contribution is 5.84. The minimum absolute atomic E-state index is 0.0782. The summed E-state index contributed by atoms with van der Waals surface area (Å²) in [6, 6.07) is -1.23. The number of nitrogens with one attached hydrogen (secondary N) is 2. The minimum atomic E-state index is -1.23. The monoisotopic (exact) mass is 412 g/mol. The summed E-state index contributed by atoms with van der Waals surface area (Å²) in [5.74, 6) is -1.63. The molecule has 0 fully saturated rings. The molecule has 0 aliphatic heterocycles. The van der Waals surface area contributed by atoms with Crippen molar-refractivity contribution in [3.05, 3.63) is 12.2 Å². The van der Waals surface area contributed by atoms with Gasteiger partial charge in [-0.15, -0.1) is 0 Å². The number of aliphatic hydroxyl groups excluding tert-OH is 1. The fourth-order valence-corrected chi connectivity index (χ4v) is 3.13. The van der Waals surface area contributed by atoms with Gasteiger partial charge >= 0.3 is 5.97 Å². The van der Waals surface area contributed by atoms with Crippen molar-refractivity contribution in [2.45, 2.75) is 103 Å². The van der Waals surface area contributed by atoms with E-state index in [1.165, 1.54) is 77.0 Å². The normalized spacial score (nSPS) is 12.3. The van der Waals surface area contributed by atoms with E-state index in [-0.39, 0.29) is 6.54 Å². The van der Waals surface area contributed by atoms with Gasteiger partial charge in [-0.25, -0.2) is 4.79 Å². The van der Waals surface area contributed by atoms with Crippen molar-refractivity contribution in [3.63, 3.8) is 0 Å². The minimum Gasteiger partial charge on any atom is -0.480 e. The Kier molecular flexibility index (Phi) is 20.3. The summed E-state index contributed by atoms with van der Waals surface area (Å²) in [7, 11) is 0. The Morgan fingerprint density at radius 2 is 1.34 bits per heavy atom. The van der Waals surface area contributed by atoms with E-state index in [1.807, 2.05) is 0 Å². The predicted molar refractivity (Wildman–Crippen MR) is 119 cm³/mol. The van der Waals surface area contributed by atoms with Crippen LogP contribution in [0, 0.1) is 0 Å². The van der Waals surface area contributed by atoms with E-state index in [9.17, 15) is 9.59 Å². The first-order chi connectivity index (χ1) is 14.1. The van der Waals surface area contributed by atoms with Gasteiger partial charge in [0.15, 0.2) is 0 Å². The topological polar surface area (TPSA) is 98.7 Å². The van der Waals surface area contributed by atoms with Crippen LogP contribution in [0.2, 0.25) is 0 Å². The lowest BCUT2D eigenvalue weighted by atomic mass is 10.1. The molecule has 0 heterocycles. The van der Waals surface area contributed by atoms with Gasteiger partial charge in [0.2, 0.25) is 5.91 Å². The SMILES string of the molecule is CCCCCCCCC=CCCCCCCCCNCC(=O)N[C@@H](CO)C(=O)O. The molecular formula is C23H44N2O4. The third kappa shape index (κ3) is 19.7. The number of rotatable bonds is 21. The van der Waals surface area contributed by atoms with E-state index < -0.39 is 24.5 Å². The molecule has 1 atom stereocenters. The standard InChI is InChI=1S/C23H44N2O4/c1-2-3-4-5-6-7-8-9-10-11-12-13-14-15-16-17-18-24-19-22(27)25-21(20-26)23(28)29/h9-10,21,24,26H,2-8,11-20H2,1H3,(H,25,27)(H,28,29)/t21-/m0/s1. The molecule has 0 aliphatic rings. The van der Waals surface area contributed by atoms with Gasteiger partial charge in [-0.05, 0) is 38.6 Å². The smallest absolute Gasteiger partial charge is 0.328 e. The van der Waals surface area contributed by atoms with E-state index in [0.717, 1.165) is 19.4 Å². The first-order valence-electron chi connectivity index (χ1n) is 11.6. The molecule has 4 N–H and O–H groups in total. The summed E-state index contributed by atoms with van der Waals surface area (Å²) >= 11 is 0. The summed E-state index contributed by atoms with van der Waals surface area (Å²) in [5.41, 5.74) is 0. The van der Waals surface area contributed by atoms with Gasteiger partial charge in [0, 0.05) is 0 Å². The van der Waals surface area contributed by atoms with Crippen LogP contribution >= 0.6 is 0 Å². The zero-order valence-corrected chi connectivity index (χ0v) is 18.5. The van der Waals surface area contributed by atoms with E-state index in [0.29, 0.717) is 0 Å². The molecule has 0 aromatic heterocycles. The van der Waals surface area contributed by atoms with Crippen molar-refractivity contribution in [2.75, 3.05) is 19.7 Å². The maximum atomic E-state index is 11.5. The van der Waals surface area contributed by atoms with Crippen LogP contribution in [0.15, 0.2) is 12.2 Å². The molecule has 0 rings (SSSR count). The fourth-order valence-electron chi connectivity index (χ4n) is 3.13. The number of aliphatic carboxylic acids is 1. The molecule has 0 unspecified atom stereocenters. The number of allylic oxidation sites excluding steroid dienone is 2. The third-order valence-electron chi connectivity index (χ3n) is 4.97. The first kappa shape index (κ1) is 27.6. The van der Waals surface area contributed by atoms with Crippen molar-refractivity contribution >= 4 is 11.9 Å². The molecule has 1 amide bonds. The average Bonchev–Trinajstić information content (AvgIpc) is 2.70. The third-order valence-corrected chi connectivity index (χ3v) is 4.97. The second kappa shape index (κ2) is 21.3. The van der Waals surface area contributed by atoms with Crippen molar-refractivity contribution in [3.8, 4) is 0 Å². The molecule has 6 nitrogen and oxygen atoms in total. The van der Waals surface area contributed by atoms with Gasteiger partial charge in [0.1, 0.15) is 6.04 Å². The van der Waals surface area contributed by atoms with Crippen molar-refractivity contribution in [1.29, 1.82) is 0 Å². The second-order valence-corrected chi connectivity index (χ2v) is 7.76. The Hall–Kier alpha value is -1.40. The lowest BCUT2D eigenvalue weighted by Gasteiger charge is -2.11. The summed E-state index contributed by atoms with van der Waals surface area (Å²) < 4.78 is 0. The zero-order valence-electron chi connectivity index (χ0n) is 18.5. The Morgan fingerprint density at radius 1 is 0.828 bits per heavy atom. The lowest BCUT2D eigenvalue weighted by molar-refractivity contribution is -0.142. The molecule has 0 saturated heterocycles. The van der Waals surface area contributed by atoms with Gasteiger partial charge < -0.3 is 20.8 Å². The van der Waals surface area contributed by atoms with E-state index in [4.69, 9.17) is 10.2 Å². The first-order valence-corrected chi connectivity index (χ1v) is 11.6. The zero-order chi connectivity index (χ0) is 21.6. The van der Waals surface area contributed by atoms with Crippen LogP contribution in [-0.4, -0.2) is 47.8 Å². The predicted octanol–water partition coefficient (Wildman–Crippen LogP) is 4.18. The van der Waals surface area contributed by atoms with E-state index >= 15 is 0 Å². The molecule has 0 saturated carbocycles. The highest BCUT2D eigenvalue weighted by Crippen LogP contribution is 2.09. The molecule has 0 spiro atoms. The van der Waals surface area contributed by atoms with Gasteiger partial charge in [-0.2, -0.15) is 0 Å². The number of unbranched alkanes of at least 4 members (excludes halogenated alkanes) is 12. The van der Waals surface area contributed by atoms with Crippen LogP contribution < -0.4 is 10.6 Å². The summed E-state index contributed by atoms with van der Waals surface area (Å²) in [4.78, 5) is 22.2. The van der Waals surface area contributed by atoms with Crippen molar-refractivity contribution in [2.24, 2.45) is 0 Å². The van der Waals surface area contributed by atoms with E-state index in [1.54, 1.807) is 0 Å². The Labute approximate surface area is 177 Å².